The third-order valence-electron chi connectivity index (χ3n) is 5.40. The molecule has 1 saturated heterocycles. The number of anilines is 2. The minimum atomic E-state index is 0.659. The number of ether oxygens (including phenoxy) is 2. The molecule has 0 amide bonds. The monoisotopic (exact) mass is 407 g/mol. The lowest BCUT2D eigenvalue weighted by Crippen LogP contribution is -2.46. The summed E-state index contributed by atoms with van der Waals surface area (Å²) in [7, 11) is 3.28. The van der Waals surface area contributed by atoms with Gasteiger partial charge >= 0.3 is 0 Å². The van der Waals surface area contributed by atoms with Gasteiger partial charge in [-0.05, 0) is 29.7 Å². The van der Waals surface area contributed by atoms with E-state index in [1.54, 1.807) is 25.8 Å². The van der Waals surface area contributed by atoms with E-state index in [0.29, 0.717) is 11.5 Å². The van der Waals surface area contributed by atoms with Crippen LogP contribution >= 0.6 is 11.5 Å². The number of piperazine rings is 1. The van der Waals surface area contributed by atoms with Gasteiger partial charge in [-0.1, -0.05) is 12.1 Å². The summed E-state index contributed by atoms with van der Waals surface area (Å²) in [6.07, 6.45) is 1.84. The molecular formula is C21H21N5O2S. The molecular weight excluding hydrogens is 386 g/mol. The van der Waals surface area contributed by atoms with Crippen LogP contribution in [0.2, 0.25) is 0 Å². The second-order valence-corrected chi connectivity index (χ2v) is 7.74. The highest BCUT2D eigenvalue weighted by atomic mass is 32.1. The molecule has 2 aromatic carbocycles. The van der Waals surface area contributed by atoms with Crippen molar-refractivity contribution >= 4 is 44.0 Å². The Labute approximate surface area is 172 Å². The lowest BCUT2D eigenvalue weighted by atomic mass is 10.1. The molecule has 0 bridgehead atoms. The fourth-order valence-electron chi connectivity index (χ4n) is 3.88. The van der Waals surface area contributed by atoms with E-state index in [4.69, 9.17) is 13.8 Å². The molecule has 0 unspecified atom stereocenters. The van der Waals surface area contributed by atoms with Gasteiger partial charge in [-0.2, -0.15) is 14.6 Å². The van der Waals surface area contributed by atoms with Gasteiger partial charge in [-0.25, -0.2) is 0 Å². The number of aromatic nitrogens is 3. The van der Waals surface area contributed by atoms with Crippen molar-refractivity contribution in [2.75, 3.05) is 50.2 Å². The third kappa shape index (κ3) is 3.09. The second kappa shape index (κ2) is 7.36. The quantitative estimate of drug-likeness (QED) is 0.512. The minimum Gasteiger partial charge on any atom is -0.493 e. The molecule has 4 aromatic rings. The van der Waals surface area contributed by atoms with Gasteiger partial charge in [-0.15, -0.1) is 0 Å². The molecule has 0 spiro atoms. The Kier molecular flexibility index (Phi) is 4.55. The van der Waals surface area contributed by atoms with Crippen molar-refractivity contribution < 1.29 is 9.47 Å². The first kappa shape index (κ1) is 17.9. The first-order chi connectivity index (χ1) is 14.3. The molecule has 0 N–H and O–H groups in total. The molecule has 148 valence electrons. The molecule has 1 aliphatic heterocycles. The topological polar surface area (TPSA) is 63.6 Å². The predicted octanol–water partition coefficient (Wildman–Crippen LogP) is 3.58. The molecule has 0 radical (unpaired) electrons. The van der Waals surface area contributed by atoms with E-state index in [-0.39, 0.29) is 0 Å². The molecule has 5 rings (SSSR count). The Hall–Kier alpha value is -3.13. The van der Waals surface area contributed by atoms with Crippen molar-refractivity contribution in [2.24, 2.45) is 0 Å². The number of rotatable bonds is 4. The zero-order valence-corrected chi connectivity index (χ0v) is 17.1. The van der Waals surface area contributed by atoms with Crippen molar-refractivity contribution in [1.29, 1.82) is 0 Å². The van der Waals surface area contributed by atoms with Crippen molar-refractivity contribution in [3.8, 4) is 11.5 Å². The Morgan fingerprint density at radius 2 is 1.62 bits per heavy atom. The molecule has 0 saturated carbocycles. The van der Waals surface area contributed by atoms with Gasteiger partial charge in [0, 0.05) is 43.0 Å². The van der Waals surface area contributed by atoms with Crippen LogP contribution in [0.5, 0.6) is 11.5 Å². The summed E-state index contributed by atoms with van der Waals surface area (Å²) in [6, 6.07) is 12.3. The highest BCUT2D eigenvalue weighted by Gasteiger charge is 2.23. The Morgan fingerprint density at radius 1 is 0.897 bits per heavy atom. The Morgan fingerprint density at radius 3 is 2.41 bits per heavy atom. The number of hydrogen-bond acceptors (Lipinski definition) is 8. The van der Waals surface area contributed by atoms with Gasteiger partial charge < -0.3 is 19.3 Å². The van der Waals surface area contributed by atoms with Crippen LogP contribution in [0.4, 0.5) is 11.5 Å². The minimum absolute atomic E-state index is 0.659. The van der Waals surface area contributed by atoms with E-state index in [9.17, 15) is 0 Å². The summed E-state index contributed by atoms with van der Waals surface area (Å²) >= 11 is 1.56. The maximum atomic E-state index is 5.49. The third-order valence-corrected chi connectivity index (χ3v) is 6.22. The van der Waals surface area contributed by atoms with E-state index in [1.807, 2.05) is 18.3 Å². The largest absolute Gasteiger partial charge is 0.493 e. The number of nitrogens with zero attached hydrogens (tertiary/aromatic N) is 5. The second-order valence-electron chi connectivity index (χ2n) is 6.93. The smallest absolute Gasteiger partial charge is 0.162 e. The normalized spacial score (nSPS) is 14.6. The molecule has 2 aromatic heterocycles. The van der Waals surface area contributed by atoms with Gasteiger partial charge in [0.2, 0.25) is 0 Å². The molecule has 0 atom stereocenters. The van der Waals surface area contributed by atoms with Crippen LogP contribution in [0.3, 0.4) is 0 Å². The number of methoxy groups -OCH3 is 2. The highest BCUT2D eigenvalue weighted by Crippen LogP contribution is 2.36. The molecule has 8 heteroatoms. The summed E-state index contributed by atoms with van der Waals surface area (Å²) in [5.74, 6) is 2.45. The van der Waals surface area contributed by atoms with Crippen LogP contribution in [0.15, 0.2) is 42.6 Å². The molecule has 1 fully saturated rings. The summed E-state index contributed by atoms with van der Waals surface area (Å²) in [6.45, 7) is 3.59. The van der Waals surface area contributed by atoms with Crippen LogP contribution in [-0.4, -0.2) is 55.0 Å². The summed E-state index contributed by atoms with van der Waals surface area (Å²) < 4.78 is 16.8. The fourth-order valence-corrected chi connectivity index (χ4v) is 4.68. The van der Waals surface area contributed by atoms with Crippen molar-refractivity contribution in [3.63, 3.8) is 0 Å². The zero-order valence-electron chi connectivity index (χ0n) is 16.3. The molecule has 29 heavy (non-hydrogen) atoms. The van der Waals surface area contributed by atoms with Crippen LogP contribution < -0.4 is 19.3 Å². The molecule has 1 aliphatic rings. The van der Waals surface area contributed by atoms with E-state index in [2.05, 4.69) is 44.3 Å². The SMILES string of the molecule is COc1cc2nncc(N3CCN(c4nsc5ccccc45)CC3)c2cc1OC. The molecule has 7 nitrogen and oxygen atoms in total. The number of benzene rings is 2. The first-order valence-electron chi connectivity index (χ1n) is 9.50. The first-order valence-corrected chi connectivity index (χ1v) is 10.3. The summed E-state index contributed by atoms with van der Waals surface area (Å²) in [4.78, 5) is 4.73. The van der Waals surface area contributed by atoms with Crippen LogP contribution in [0, 0.1) is 0 Å². The Balaban J connectivity index is 1.42. The van der Waals surface area contributed by atoms with Crippen LogP contribution in [0.25, 0.3) is 21.0 Å². The average Bonchev–Trinajstić information content (AvgIpc) is 3.22. The number of fused-ring (bicyclic) bond motifs is 2. The van der Waals surface area contributed by atoms with E-state index in [1.165, 1.54) is 10.1 Å². The fraction of sp³-hybridized carbons (Fsp3) is 0.286. The number of hydrogen-bond donors (Lipinski definition) is 0. The molecule has 3 heterocycles. The van der Waals surface area contributed by atoms with Gasteiger partial charge in [-0.3, -0.25) is 0 Å². The van der Waals surface area contributed by atoms with Crippen molar-refractivity contribution in [1.82, 2.24) is 14.6 Å². The predicted molar refractivity (Wildman–Crippen MR) is 117 cm³/mol. The molecule has 0 aliphatic carbocycles. The summed E-state index contributed by atoms with van der Waals surface area (Å²) in [5.41, 5.74) is 1.87. The van der Waals surface area contributed by atoms with Crippen LogP contribution in [0.1, 0.15) is 0 Å². The Bertz CT molecular complexity index is 1170. The standard InChI is InChI=1S/C21H21N5O2S/c1-27-18-11-15-16(12-19(18)28-2)23-22-13-17(15)25-7-9-26(10-8-25)21-14-5-3-4-6-20(14)29-24-21/h3-6,11-13H,7-10H2,1-2H3. The average molecular weight is 407 g/mol. The van der Waals surface area contributed by atoms with E-state index in [0.717, 1.165) is 48.6 Å². The highest BCUT2D eigenvalue weighted by molar-refractivity contribution is 7.13. The maximum absolute atomic E-state index is 5.49. The van der Waals surface area contributed by atoms with Gasteiger partial charge in [0.25, 0.3) is 0 Å². The van der Waals surface area contributed by atoms with Crippen LogP contribution in [-0.2, 0) is 0 Å². The summed E-state index contributed by atoms with van der Waals surface area (Å²) in [5, 5.41) is 10.7. The van der Waals surface area contributed by atoms with Gasteiger partial charge in [0.05, 0.1) is 36.3 Å². The van der Waals surface area contributed by atoms with Gasteiger partial charge in [0.15, 0.2) is 11.5 Å². The van der Waals surface area contributed by atoms with Crippen molar-refractivity contribution in [3.05, 3.63) is 42.6 Å². The van der Waals surface area contributed by atoms with Gasteiger partial charge in [0.1, 0.15) is 5.82 Å². The maximum Gasteiger partial charge on any atom is 0.162 e. The lowest BCUT2D eigenvalue weighted by molar-refractivity contribution is 0.355. The zero-order chi connectivity index (χ0) is 19.8. The lowest BCUT2D eigenvalue weighted by Gasteiger charge is -2.36. The van der Waals surface area contributed by atoms with Crippen molar-refractivity contribution in [2.45, 2.75) is 0 Å². The van der Waals surface area contributed by atoms with E-state index < -0.39 is 0 Å². The van der Waals surface area contributed by atoms with E-state index >= 15 is 0 Å².